The highest BCUT2D eigenvalue weighted by atomic mass is 127. The van der Waals surface area contributed by atoms with Crippen molar-refractivity contribution in [3.63, 3.8) is 0 Å². The number of nitrogens with one attached hydrogen (secondary N) is 1. The minimum Gasteiger partial charge on any atom is -0.309 e. The van der Waals surface area contributed by atoms with Gasteiger partial charge in [-0.1, -0.05) is 36.4 Å². The summed E-state index contributed by atoms with van der Waals surface area (Å²) < 4.78 is 2.70. The molecule has 0 saturated heterocycles. The quantitative estimate of drug-likeness (QED) is 0.609. The monoisotopic (exact) mass is 393 g/mol. The molecule has 1 nitrogen and oxygen atoms in total. The molecule has 0 radical (unpaired) electrons. The Labute approximate surface area is 137 Å². The van der Waals surface area contributed by atoms with Crippen LogP contribution in [-0.4, -0.2) is 7.05 Å². The van der Waals surface area contributed by atoms with Gasteiger partial charge in [0.2, 0.25) is 0 Å². The van der Waals surface area contributed by atoms with Crippen LogP contribution < -0.4 is 5.32 Å². The fraction of sp³-hybridized carbons (Fsp3) is 0.176. The molecule has 1 unspecified atom stereocenters. The molecule has 0 bridgehead atoms. The van der Waals surface area contributed by atoms with Crippen LogP contribution in [0.1, 0.15) is 22.7 Å². The lowest BCUT2D eigenvalue weighted by Gasteiger charge is -2.19. The zero-order chi connectivity index (χ0) is 14.1. The van der Waals surface area contributed by atoms with Crippen LogP contribution in [0.3, 0.4) is 0 Å². The summed E-state index contributed by atoms with van der Waals surface area (Å²) in [6.07, 6.45) is 0. The maximum absolute atomic E-state index is 3.48. The molecule has 0 spiro atoms. The van der Waals surface area contributed by atoms with Crippen LogP contribution in [0.5, 0.6) is 0 Å². The molecule has 102 valence electrons. The molecule has 0 fully saturated rings. The zero-order valence-corrected chi connectivity index (χ0v) is 14.5. The van der Waals surface area contributed by atoms with Gasteiger partial charge in [-0.2, -0.15) is 0 Å². The lowest BCUT2D eigenvalue weighted by atomic mass is 9.97. The van der Waals surface area contributed by atoms with Crippen molar-refractivity contribution >= 4 is 44.0 Å². The second-order valence-corrected chi connectivity index (χ2v) is 6.88. The number of fused-ring (bicyclic) bond motifs is 1. The van der Waals surface area contributed by atoms with Gasteiger partial charge < -0.3 is 5.32 Å². The van der Waals surface area contributed by atoms with Crippen molar-refractivity contribution in [1.82, 2.24) is 5.32 Å². The number of thiophene rings is 1. The van der Waals surface area contributed by atoms with Crippen LogP contribution in [0.2, 0.25) is 0 Å². The Morgan fingerprint density at radius 1 is 1.05 bits per heavy atom. The maximum atomic E-state index is 3.48. The zero-order valence-electron chi connectivity index (χ0n) is 11.5. The van der Waals surface area contributed by atoms with E-state index >= 15 is 0 Å². The van der Waals surface area contributed by atoms with Gasteiger partial charge in [-0.05, 0) is 70.1 Å². The first kappa shape index (κ1) is 14.0. The Morgan fingerprint density at radius 2 is 1.85 bits per heavy atom. The molecule has 1 atom stereocenters. The van der Waals surface area contributed by atoms with E-state index in [4.69, 9.17) is 0 Å². The van der Waals surface area contributed by atoms with E-state index in [9.17, 15) is 0 Å². The summed E-state index contributed by atoms with van der Waals surface area (Å²) in [6, 6.07) is 15.4. The van der Waals surface area contributed by atoms with E-state index in [1.807, 2.05) is 18.4 Å². The van der Waals surface area contributed by atoms with Gasteiger partial charge >= 0.3 is 0 Å². The molecular weight excluding hydrogens is 377 g/mol. The van der Waals surface area contributed by atoms with E-state index < -0.39 is 0 Å². The highest BCUT2D eigenvalue weighted by Gasteiger charge is 2.18. The van der Waals surface area contributed by atoms with E-state index in [1.54, 1.807) is 0 Å². The van der Waals surface area contributed by atoms with Gasteiger partial charge in [0, 0.05) is 8.27 Å². The van der Waals surface area contributed by atoms with Crippen molar-refractivity contribution < 1.29 is 0 Å². The first-order chi connectivity index (χ1) is 9.72. The van der Waals surface area contributed by atoms with Crippen molar-refractivity contribution in [3.8, 4) is 0 Å². The van der Waals surface area contributed by atoms with Gasteiger partial charge in [-0.3, -0.25) is 0 Å². The summed E-state index contributed by atoms with van der Waals surface area (Å²) in [5.41, 5.74) is 4.07. The smallest absolute Gasteiger partial charge is 0.0599 e. The summed E-state index contributed by atoms with van der Waals surface area (Å²) in [6.45, 7) is 2.17. The van der Waals surface area contributed by atoms with E-state index in [-0.39, 0.29) is 6.04 Å². The van der Waals surface area contributed by atoms with E-state index in [1.165, 1.54) is 30.3 Å². The van der Waals surface area contributed by atoms with Gasteiger partial charge in [-0.25, -0.2) is 0 Å². The third-order valence-corrected chi connectivity index (χ3v) is 6.10. The SMILES string of the molecule is CNC(c1cccc(C)c1I)c1csc2ccccc12. The van der Waals surface area contributed by atoms with E-state index in [0.29, 0.717) is 0 Å². The van der Waals surface area contributed by atoms with E-state index in [0.717, 1.165) is 0 Å². The number of benzene rings is 2. The van der Waals surface area contributed by atoms with Gasteiger partial charge in [0.25, 0.3) is 0 Å². The van der Waals surface area contributed by atoms with Crippen molar-refractivity contribution in [3.05, 3.63) is 68.1 Å². The predicted molar refractivity (Wildman–Crippen MR) is 96.6 cm³/mol. The molecule has 0 aliphatic rings. The largest absolute Gasteiger partial charge is 0.309 e. The van der Waals surface area contributed by atoms with Gasteiger partial charge in [0.05, 0.1) is 6.04 Å². The van der Waals surface area contributed by atoms with Crippen molar-refractivity contribution in [2.45, 2.75) is 13.0 Å². The normalized spacial score (nSPS) is 12.8. The van der Waals surface area contributed by atoms with Crippen LogP contribution in [0, 0.1) is 10.5 Å². The van der Waals surface area contributed by atoms with Crippen molar-refractivity contribution in [2.75, 3.05) is 7.05 Å². The summed E-state index contributed by atoms with van der Waals surface area (Å²) in [4.78, 5) is 0. The lowest BCUT2D eigenvalue weighted by molar-refractivity contribution is 0.694. The highest BCUT2D eigenvalue weighted by molar-refractivity contribution is 14.1. The Kier molecular flexibility index (Phi) is 4.10. The number of halogens is 1. The molecule has 3 heteroatoms. The van der Waals surface area contributed by atoms with Crippen LogP contribution in [0.4, 0.5) is 0 Å². The average Bonchev–Trinajstić information content (AvgIpc) is 2.88. The molecule has 20 heavy (non-hydrogen) atoms. The van der Waals surface area contributed by atoms with Crippen LogP contribution in [0.25, 0.3) is 10.1 Å². The molecule has 0 aliphatic carbocycles. The Hall–Kier alpha value is -0.910. The summed E-state index contributed by atoms with van der Waals surface area (Å²) in [5, 5.41) is 7.12. The molecule has 3 aromatic rings. The molecule has 0 amide bonds. The average molecular weight is 393 g/mol. The molecule has 2 aromatic carbocycles. The number of hydrogen-bond acceptors (Lipinski definition) is 2. The molecule has 1 heterocycles. The summed E-state index contributed by atoms with van der Waals surface area (Å²) in [5.74, 6) is 0. The van der Waals surface area contributed by atoms with Crippen LogP contribution in [-0.2, 0) is 0 Å². The Morgan fingerprint density at radius 3 is 2.65 bits per heavy atom. The third-order valence-electron chi connectivity index (χ3n) is 3.64. The number of rotatable bonds is 3. The molecular formula is C17H16INS. The highest BCUT2D eigenvalue weighted by Crippen LogP contribution is 2.35. The molecule has 1 aromatic heterocycles. The molecule has 0 saturated carbocycles. The van der Waals surface area contributed by atoms with Gasteiger partial charge in [0.15, 0.2) is 0 Å². The minimum atomic E-state index is 0.248. The second kappa shape index (κ2) is 5.84. The standard InChI is InChI=1S/C17H16INS/c1-11-6-5-8-13(16(11)18)17(19-2)14-10-20-15-9-4-3-7-12(14)15/h3-10,17,19H,1-2H3. The van der Waals surface area contributed by atoms with Gasteiger partial charge in [0.1, 0.15) is 0 Å². The summed E-state index contributed by atoms with van der Waals surface area (Å²) >= 11 is 4.28. The fourth-order valence-corrected chi connectivity index (χ4v) is 4.25. The number of hydrogen-bond donors (Lipinski definition) is 1. The minimum absolute atomic E-state index is 0.248. The van der Waals surface area contributed by atoms with Gasteiger partial charge in [-0.15, -0.1) is 11.3 Å². The first-order valence-electron chi connectivity index (χ1n) is 6.60. The molecule has 1 N–H and O–H groups in total. The summed E-state index contributed by atoms with van der Waals surface area (Å²) in [7, 11) is 2.04. The number of aryl methyl sites for hydroxylation is 1. The van der Waals surface area contributed by atoms with Crippen LogP contribution >= 0.6 is 33.9 Å². The maximum Gasteiger partial charge on any atom is 0.0599 e. The topological polar surface area (TPSA) is 12.0 Å². The second-order valence-electron chi connectivity index (χ2n) is 4.89. The molecule has 0 aliphatic heterocycles. The van der Waals surface area contributed by atoms with Crippen molar-refractivity contribution in [1.29, 1.82) is 0 Å². The third kappa shape index (κ3) is 2.38. The fourth-order valence-electron chi connectivity index (χ4n) is 2.59. The van der Waals surface area contributed by atoms with Crippen molar-refractivity contribution in [2.24, 2.45) is 0 Å². The first-order valence-corrected chi connectivity index (χ1v) is 8.56. The Bertz CT molecular complexity index is 748. The molecule has 3 rings (SSSR count). The Balaban J connectivity index is 2.17. The van der Waals surface area contributed by atoms with Crippen LogP contribution in [0.15, 0.2) is 47.8 Å². The predicted octanol–water partition coefficient (Wildman–Crippen LogP) is 5.12. The lowest BCUT2D eigenvalue weighted by Crippen LogP contribution is -2.18. The van der Waals surface area contributed by atoms with E-state index in [2.05, 4.69) is 82.7 Å².